The molecular weight excluding hydrogens is 374 g/mol. The Hall–Kier alpha value is -3.29. The molecule has 0 aliphatic heterocycles. The number of rotatable bonds is 6. The summed E-state index contributed by atoms with van der Waals surface area (Å²) in [5.74, 6) is 1.24. The highest BCUT2D eigenvalue weighted by molar-refractivity contribution is 5.96. The number of ether oxygens (including phenoxy) is 2. The van der Waals surface area contributed by atoms with E-state index in [9.17, 15) is 14.7 Å². The van der Waals surface area contributed by atoms with E-state index in [0.717, 1.165) is 10.5 Å². The largest absolute Gasteiger partial charge is 0.496 e. The second-order valence-electron chi connectivity index (χ2n) is 7.56. The molecule has 1 heterocycles. The molecule has 1 aromatic carbocycles. The molecule has 0 fully saturated rings. The summed E-state index contributed by atoms with van der Waals surface area (Å²) in [6, 6.07) is 7.86. The zero-order valence-corrected chi connectivity index (χ0v) is 17.5. The smallest absolute Gasteiger partial charge is 0.408 e. The second kappa shape index (κ2) is 8.81. The molecule has 0 saturated carbocycles. The molecule has 0 saturated heterocycles. The maximum absolute atomic E-state index is 12.5. The molecule has 2 rings (SSSR count). The van der Waals surface area contributed by atoms with Crippen molar-refractivity contribution >= 4 is 17.7 Å². The molecule has 156 valence electrons. The third-order valence-corrected chi connectivity index (χ3v) is 4.37. The Morgan fingerprint density at radius 2 is 1.83 bits per heavy atom. The first kappa shape index (κ1) is 22.0. The monoisotopic (exact) mass is 401 g/mol. The van der Waals surface area contributed by atoms with Crippen molar-refractivity contribution in [3.05, 3.63) is 42.1 Å². The van der Waals surface area contributed by atoms with Crippen molar-refractivity contribution in [1.82, 2.24) is 9.88 Å². The molecule has 0 radical (unpaired) electrons. The summed E-state index contributed by atoms with van der Waals surface area (Å²) < 4.78 is 11.1. The van der Waals surface area contributed by atoms with Crippen molar-refractivity contribution in [2.24, 2.45) is 0 Å². The summed E-state index contributed by atoms with van der Waals surface area (Å²) in [5, 5.41) is 12.1. The van der Waals surface area contributed by atoms with Crippen LogP contribution >= 0.6 is 0 Å². The fourth-order valence-corrected chi connectivity index (χ4v) is 2.95. The maximum atomic E-state index is 12.5. The van der Waals surface area contributed by atoms with E-state index in [1.165, 1.54) is 6.20 Å². The zero-order chi connectivity index (χ0) is 21.8. The van der Waals surface area contributed by atoms with Crippen LogP contribution in [-0.2, 0) is 4.79 Å². The second-order valence-corrected chi connectivity index (χ2v) is 7.56. The zero-order valence-electron chi connectivity index (χ0n) is 17.5. The van der Waals surface area contributed by atoms with E-state index in [-0.39, 0.29) is 0 Å². The van der Waals surface area contributed by atoms with Crippen LogP contribution in [0, 0.1) is 6.92 Å². The van der Waals surface area contributed by atoms with Crippen LogP contribution in [0.25, 0.3) is 0 Å². The van der Waals surface area contributed by atoms with Gasteiger partial charge in [0.1, 0.15) is 17.5 Å². The Morgan fingerprint density at radius 1 is 1.17 bits per heavy atom. The molecule has 1 atom stereocenters. The predicted molar refractivity (Wildman–Crippen MR) is 110 cm³/mol. The SMILES string of the molecule is COc1cccc(Oc2ccc(NC(=O)C(C)N(C(=O)O)C(C)(C)C)cn2)c1C. The first-order chi connectivity index (χ1) is 13.5. The topological polar surface area (TPSA) is 101 Å². The third kappa shape index (κ3) is 5.37. The normalized spacial score (nSPS) is 12.1. The number of hydrogen-bond acceptors (Lipinski definition) is 5. The standard InChI is InChI=1S/C21H27N3O5/c1-13-16(28-6)8-7-9-17(13)29-18-11-10-15(12-22-18)23-19(25)14(2)24(20(26)27)21(3,4)5/h7-12,14H,1-6H3,(H,23,25)(H,26,27). The van der Waals surface area contributed by atoms with Gasteiger partial charge in [0.15, 0.2) is 0 Å². The first-order valence-corrected chi connectivity index (χ1v) is 9.15. The number of carbonyl (C=O) groups excluding carboxylic acids is 1. The molecule has 0 bridgehead atoms. The molecule has 8 heteroatoms. The first-order valence-electron chi connectivity index (χ1n) is 9.15. The van der Waals surface area contributed by atoms with Crippen molar-refractivity contribution in [3.63, 3.8) is 0 Å². The van der Waals surface area contributed by atoms with Crippen LogP contribution in [0.4, 0.5) is 10.5 Å². The summed E-state index contributed by atoms with van der Waals surface area (Å²) in [6.45, 7) is 8.64. The number of amides is 2. The Labute approximate surface area is 170 Å². The average Bonchev–Trinajstić information content (AvgIpc) is 2.63. The molecule has 8 nitrogen and oxygen atoms in total. The van der Waals surface area contributed by atoms with Crippen LogP contribution in [-0.4, -0.2) is 45.7 Å². The van der Waals surface area contributed by atoms with E-state index < -0.39 is 23.6 Å². The lowest BCUT2D eigenvalue weighted by atomic mass is 10.0. The van der Waals surface area contributed by atoms with Gasteiger partial charge in [-0.05, 0) is 52.8 Å². The van der Waals surface area contributed by atoms with E-state index in [0.29, 0.717) is 23.1 Å². The van der Waals surface area contributed by atoms with Gasteiger partial charge in [0.05, 0.1) is 19.0 Å². The molecule has 0 spiro atoms. The van der Waals surface area contributed by atoms with Gasteiger partial charge in [0.2, 0.25) is 11.8 Å². The number of aromatic nitrogens is 1. The molecule has 2 aromatic rings. The van der Waals surface area contributed by atoms with E-state index in [1.807, 2.05) is 25.1 Å². The summed E-state index contributed by atoms with van der Waals surface area (Å²) in [6.07, 6.45) is 0.299. The molecule has 29 heavy (non-hydrogen) atoms. The Kier molecular flexibility index (Phi) is 6.68. The number of hydrogen-bond donors (Lipinski definition) is 2. The van der Waals surface area contributed by atoms with Crippen LogP contribution in [0.15, 0.2) is 36.5 Å². The minimum absolute atomic E-state index is 0.356. The number of anilines is 1. The lowest BCUT2D eigenvalue weighted by Crippen LogP contribution is -2.54. The summed E-state index contributed by atoms with van der Waals surface area (Å²) >= 11 is 0. The molecule has 2 N–H and O–H groups in total. The van der Waals surface area contributed by atoms with E-state index in [4.69, 9.17) is 9.47 Å². The summed E-state index contributed by atoms with van der Waals surface area (Å²) in [4.78, 5) is 29.4. The summed E-state index contributed by atoms with van der Waals surface area (Å²) in [5.41, 5.74) is 0.572. The Morgan fingerprint density at radius 3 is 2.34 bits per heavy atom. The van der Waals surface area contributed by atoms with Crippen LogP contribution in [0.1, 0.15) is 33.3 Å². The lowest BCUT2D eigenvalue weighted by Gasteiger charge is -2.37. The van der Waals surface area contributed by atoms with Gasteiger partial charge in [-0.3, -0.25) is 9.69 Å². The van der Waals surface area contributed by atoms with Gasteiger partial charge in [-0.15, -0.1) is 0 Å². The fraction of sp³-hybridized carbons (Fsp3) is 0.381. The van der Waals surface area contributed by atoms with Crippen LogP contribution in [0.3, 0.4) is 0 Å². The quantitative estimate of drug-likeness (QED) is 0.749. The van der Waals surface area contributed by atoms with Crippen molar-refractivity contribution in [1.29, 1.82) is 0 Å². The van der Waals surface area contributed by atoms with Crippen molar-refractivity contribution in [3.8, 4) is 17.4 Å². The highest BCUT2D eigenvalue weighted by Crippen LogP contribution is 2.30. The minimum atomic E-state index is -1.16. The van der Waals surface area contributed by atoms with Crippen molar-refractivity contribution < 1.29 is 24.2 Å². The number of nitrogens with one attached hydrogen (secondary N) is 1. The van der Waals surface area contributed by atoms with Gasteiger partial charge in [-0.2, -0.15) is 0 Å². The van der Waals surface area contributed by atoms with E-state index >= 15 is 0 Å². The van der Waals surface area contributed by atoms with E-state index in [2.05, 4.69) is 10.3 Å². The highest BCUT2D eigenvalue weighted by Gasteiger charge is 2.34. The number of nitrogens with zero attached hydrogens (tertiary/aromatic N) is 2. The number of carboxylic acid groups (broad SMARTS) is 1. The van der Waals surface area contributed by atoms with Gasteiger partial charge in [-0.1, -0.05) is 6.07 Å². The molecule has 1 aromatic heterocycles. The van der Waals surface area contributed by atoms with Crippen molar-refractivity contribution in [2.45, 2.75) is 46.2 Å². The molecule has 1 unspecified atom stereocenters. The minimum Gasteiger partial charge on any atom is -0.496 e. The van der Waals surface area contributed by atoms with Crippen LogP contribution in [0.5, 0.6) is 17.4 Å². The number of pyridine rings is 1. The van der Waals surface area contributed by atoms with Gasteiger partial charge < -0.3 is 19.9 Å². The molecule has 0 aliphatic carbocycles. The predicted octanol–water partition coefficient (Wildman–Crippen LogP) is 4.30. The Bertz CT molecular complexity index is 875. The molecule has 2 amide bonds. The van der Waals surface area contributed by atoms with Crippen molar-refractivity contribution in [2.75, 3.05) is 12.4 Å². The van der Waals surface area contributed by atoms with E-state index in [1.54, 1.807) is 46.9 Å². The number of benzene rings is 1. The number of carbonyl (C=O) groups is 2. The van der Waals surface area contributed by atoms with Crippen LogP contribution in [0.2, 0.25) is 0 Å². The van der Waals surface area contributed by atoms with Gasteiger partial charge in [-0.25, -0.2) is 9.78 Å². The Balaban J connectivity index is 2.09. The van der Waals surface area contributed by atoms with Crippen LogP contribution < -0.4 is 14.8 Å². The fourth-order valence-electron chi connectivity index (χ4n) is 2.95. The van der Waals surface area contributed by atoms with Gasteiger partial charge in [0, 0.05) is 17.2 Å². The summed E-state index contributed by atoms with van der Waals surface area (Å²) in [7, 11) is 1.59. The van der Waals surface area contributed by atoms with Gasteiger partial charge >= 0.3 is 6.09 Å². The molecule has 0 aliphatic rings. The maximum Gasteiger partial charge on any atom is 0.408 e. The third-order valence-electron chi connectivity index (χ3n) is 4.37. The highest BCUT2D eigenvalue weighted by atomic mass is 16.5. The average molecular weight is 401 g/mol. The lowest BCUT2D eigenvalue weighted by molar-refractivity contribution is -0.121. The molecular formula is C21H27N3O5. The van der Waals surface area contributed by atoms with Gasteiger partial charge in [0.25, 0.3) is 0 Å². The number of methoxy groups -OCH3 is 1.